The SMILES string of the molecule is COC(=O)[C@@H](Cc1c[nH]c2ccccc12)N(C(=O)OCC(Cl)(Cl)Cl)C(=O)[C@@H](NC(=O)OCc1ccccc1)C(C)C. The number of fused-ring (bicyclic) bond motifs is 1. The van der Waals surface area contributed by atoms with Crippen LogP contribution in [0.4, 0.5) is 9.59 Å². The lowest BCUT2D eigenvalue weighted by Gasteiger charge is -2.32. The standard InChI is InChI=1S/C28H30Cl3N3O7/c1-17(2)23(33-26(37)40-15-18-9-5-4-6-10-18)24(35)34(27(38)41-16-28(29,30)31)22(25(36)39-3)13-19-14-32-21-12-8-7-11-20(19)21/h4-12,14,17,22-23,32H,13,15-16H2,1-3H3,(H,33,37)/t22-,23+/m1/s1. The summed E-state index contributed by atoms with van der Waals surface area (Å²) < 4.78 is 13.4. The molecule has 0 radical (unpaired) electrons. The number of para-hydroxylation sites is 1. The average Bonchev–Trinajstić information content (AvgIpc) is 3.35. The number of nitrogens with zero attached hydrogens (tertiary/aromatic N) is 1. The number of alkyl carbamates (subject to hydrolysis) is 1. The molecule has 220 valence electrons. The van der Waals surface area contributed by atoms with Gasteiger partial charge in [-0.3, -0.25) is 4.79 Å². The van der Waals surface area contributed by atoms with Crippen molar-refractivity contribution in [1.82, 2.24) is 15.2 Å². The highest BCUT2D eigenvalue weighted by molar-refractivity contribution is 6.67. The first-order chi connectivity index (χ1) is 19.4. The second-order valence-corrected chi connectivity index (χ2v) is 11.9. The van der Waals surface area contributed by atoms with Crippen LogP contribution in [0.5, 0.6) is 0 Å². The van der Waals surface area contributed by atoms with Gasteiger partial charge in [0, 0.05) is 23.5 Å². The number of H-pyrrole nitrogens is 1. The second kappa shape index (κ2) is 14.4. The lowest BCUT2D eigenvalue weighted by Crippen LogP contribution is -2.58. The van der Waals surface area contributed by atoms with E-state index in [1.807, 2.05) is 30.3 Å². The number of halogens is 3. The van der Waals surface area contributed by atoms with Gasteiger partial charge < -0.3 is 24.5 Å². The minimum absolute atomic E-state index is 0.0496. The van der Waals surface area contributed by atoms with Crippen molar-refractivity contribution in [2.45, 2.75) is 42.8 Å². The van der Waals surface area contributed by atoms with Crippen LogP contribution in [0.15, 0.2) is 60.8 Å². The normalized spacial score (nSPS) is 12.9. The molecule has 0 aliphatic heterocycles. The number of alkyl halides is 3. The Labute approximate surface area is 252 Å². The number of esters is 1. The van der Waals surface area contributed by atoms with E-state index in [1.165, 1.54) is 0 Å². The molecular weight excluding hydrogens is 597 g/mol. The molecule has 2 atom stereocenters. The van der Waals surface area contributed by atoms with E-state index in [-0.39, 0.29) is 13.0 Å². The number of methoxy groups -OCH3 is 1. The van der Waals surface area contributed by atoms with Crippen molar-refractivity contribution in [3.8, 4) is 0 Å². The molecule has 0 aliphatic carbocycles. The van der Waals surface area contributed by atoms with Crippen molar-refractivity contribution in [1.29, 1.82) is 0 Å². The van der Waals surface area contributed by atoms with Gasteiger partial charge in [0.2, 0.25) is 3.79 Å². The molecule has 2 N–H and O–H groups in total. The van der Waals surface area contributed by atoms with Crippen LogP contribution in [-0.4, -0.2) is 63.5 Å². The van der Waals surface area contributed by atoms with E-state index in [9.17, 15) is 19.2 Å². The maximum Gasteiger partial charge on any atom is 0.417 e. The predicted molar refractivity (Wildman–Crippen MR) is 155 cm³/mol. The smallest absolute Gasteiger partial charge is 0.417 e. The largest absolute Gasteiger partial charge is 0.467 e. The molecule has 3 amide bonds. The highest BCUT2D eigenvalue weighted by Crippen LogP contribution is 2.27. The predicted octanol–water partition coefficient (Wildman–Crippen LogP) is 5.54. The maximum atomic E-state index is 14.0. The van der Waals surface area contributed by atoms with Gasteiger partial charge >= 0.3 is 18.2 Å². The molecule has 41 heavy (non-hydrogen) atoms. The molecule has 3 aromatic rings. The van der Waals surface area contributed by atoms with Crippen molar-refractivity contribution in [3.05, 3.63) is 71.9 Å². The summed E-state index contributed by atoms with van der Waals surface area (Å²) in [6, 6.07) is 13.5. The molecule has 0 bridgehead atoms. The van der Waals surface area contributed by atoms with Gasteiger partial charge in [-0.15, -0.1) is 0 Å². The van der Waals surface area contributed by atoms with Crippen molar-refractivity contribution in [3.63, 3.8) is 0 Å². The lowest BCUT2D eigenvalue weighted by atomic mass is 9.99. The van der Waals surface area contributed by atoms with Gasteiger partial charge in [-0.25, -0.2) is 19.3 Å². The van der Waals surface area contributed by atoms with Gasteiger partial charge in [-0.05, 0) is 23.1 Å². The van der Waals surface area contributed by atoms with E-state index < -0.39 is 52.5 Å². The van der Waals surface area contributed by atoms with Gasteiger partial charge in [-0.1, -0.05) is 97.2 Å². The Morgan fingerprint density at radius 2 is 1.63 bits per heavy atom. The van der Waals surface area contributed by atoms with E-state index in [0.717, 1.165) is 23.6 Å². The minimum Gasteiger partial charge on any atom is -0.467 e. The summed E-state index contributed by atoms with van der Waals surface area (Å²) in [6.07, 6.45) is -0.632. The molecule has 0 saturated carbocycles. The summed E-state index contributed by atoms with van der Waals surface area (Å²) >= 11 is 17.3. The number of ether oxygens (including phenoxy) is 3. The van der Waals surface area contributed by atoms with Crippen molar-refractivity contribution >= 4 is 69.8 Å². The van der Waals surface area contributed by atoms with Gasteiger partial charge in [0.1, 0.15) is 25.3 Å². The second-order valence-electron chi connectivity index (χ2n) is 9.41. The number of aromatic nitrogens is 1. The van der Waals surface area contributed by atoms with E-state index >= 15 is 0 Å². The van der Waals surface area contributed by atoms with Crippen LogP contribution < -0.4 is 5.32 Å². The zero-order valence-corrected chi connectivity index (χ0v) is 24.8. The topological polar surface area (TPSA) is 127 Å². The molecule has 3 rings (SSSR count). The number of imide groups is 1. The first-order valence-electron chi connectivity index (χ1n) is 12.6. The third kappa shape index (κ3) is 9.01. The van der Waals surface area contributed by atoms with Crippen molar-refractivity contribution in [2.24, 2.45) is 5.92 Å². The van der Waals surface area contributed by atoms with Crippen LogP contribution in [0.2, 0.25) is 0 Å². The van der Waals surface area contributed by atoms with Gasteiger partial charge in [0.05, 0.1) is 7.11 Å². The van der Waals surface area contributed by atoms with Gasteiger partial charge in [-0.2, -0.15) is 0 Å². The fourth-order valence-corrected chi connectivity index (χ4v) is 4.23. The molecule has 0 saturated heterocycles. The van der Waals surface area contributed by atoms with Gasteiger partial charge in [0.25, 0.3) is 5.91 Å². The van der Waals surface area contributed by atoms with Crippen molar-refractivity contribution in [2.75, 3.05) is 13.7 Å². The monoisotopic (exact) mass is 625 g/mol. The third-order valence-corrected chi connectivity index (χ3v) is 6.41. The molecule has 0 spiro atoms. The number of nitrogens with one attached hydrogen (secondary N) is 2. The van der Waals surface area contributed by atoms with E-state index in [0.29, 0.717) is 10.5 Å². The Hall–Kier alpha value is -3.47. The molecule has 1 heterocycles. The summed E-state index contributed by atoms with van der Waals surface area (Å²) in [5.41, 5.74) is 2.14. The number of carbonyl (C=O) groups excluding carboxylic acids is 4. The van der Waals surface area contributed by atoms with Crippen LogP contribution in [0.3, 0.4) is 0 Å². The highest BCUT2D eigenvalue weighted by atomic mass is 35.6. The zero-order valence-electron chi connectivity index (χ0n) is 22.6. The molecule has 2 aromatic carbocycles. The van der Waals surface area contributed by atoms with Gasteiger partial charge in [0.15, 0.2) is 0 Å². The van der Waals surface area contributed by atoms with Crippen molar-refractivity contribution < 1.29 is 33.4 Å². The molecule has 10 nitrogen and oxygen atoms in total. The quantitative estimate of drug-likeness (QED) is 0.172. The number of carbonyl (C=O) groups is 4. The minimum atomic E-state index is -1.99. The van der Waals surface area contributed by atoms with Crippen LogP contribution in [-0.2, 0) is 36.8 Å². The number of rotatable bonds is 10. The summed E-state index contributed by atoms with van der Waals surface area (Å²) in [5, 5.41) is 3.27. The number of benzene rings is 2. The summed E-state index contributed by atoms with van der Waals surface area (Å²) in [5.74, 6) is -2.38. The van der Waals surface area contributed by atoms with E-state index in [1.54, 1.807) is 44.3 Å². The Kier molecular flexibility index (Phi) is 11.3. The number of amides is 3. The molecule has 0 fully saturated rings. The van der Waals surface area contributed by atoms with Crippen LogP contribution in [0.25, 0.3) is 10.9 Å². The molecule has 0 aliphatic rings. The first kappa shape index (κ1) is 32.0. The van der Waals surface area contributed by atoms with E-state index in [4.69, 9.17) is 49.0 Å². The first-order valence-corrected chi connectivity index (χ1v) is 13.7. The molecule has 13 heteroatoms. The Balaban J connectivity index is 1.93. The number of hydrogen-bond donors (Lipinski definition) is 2. The summed E-state index contributed by atoms with van der Waals surface area (Å²) in [7, 11) is 1.12. The average molecular weight is 627 g/mol. The Bertz CT molecular complexity index is 1360. The fraction of sp³-hybridized carbons (Fsp3) is 0.357. The summed E-state index contributed by atoms with van der Waals surface area (Å²) in [6.45, 7) is 2.54. The third-order valence-electron chi connectivity index (χ3n) is 6.09. The lowest BCUT2D eigenvalue weighted by molar-refractivity contribution is -0.152. The number of hydrogen-bond acceptors (Lipinski definition) is 7. The van der Waals surface area contributed by atoms with E-state index in [2.05, 4.69) is 10.3 Å². The molecular formula is C28H30Cl3N3O7. The number of aromatic amines is 1. The van der Waals surface area contributed by atoms with Crippen LogP contribution in [0.1, 0.15) is 25.0 Å². The van der Waals surface area contributed by atoms with Crippen LogP contribution >= 0.6 is 34.8 Å². The summed E-state index contributed by atoms with van der Waals surface area (Å²) in [4.78, 5) is 56.7. The highest BCUT2D eigenvalue weighted by Gasteiger charge is 2.42. The zero-order chi connectivity index (χ0) is 30.2. The molecule has 0 unspecified atom stereocenters. The molecule has 1 aromatic heterocycles. The Morgan fingerprint density at radius 1 is 0.976 bits per heavy atom. The van der Waals surface area contributed by atoms with Crippen LogP contribution in [0, 0.1) is 5.92 Å². The maximum absolute atomic E-state index is 14.0. The fourth-order valence-electron chi connectivity index (χ4n) is 4.06. The Morgan fingerprint density at radius 3 is 2.27 bits per heavy atom.